The molecular formula is C17H21NO3. The fourth-order valence-corrected chi connectivity index (χ4v) is 2.34. The van der Waals surface area contributed by atoms with Gasteiger partial charge in [-0.05, 0) is 31.2 Å². The first-order valence-corrected chi connectivity index (χ1v) is 6.86. The van der Waals surface area contributed by atoms with Gasteiger partial charge in [-0.15, -0.1) is 0 Å². The van der Waals surface area contributed by atoms with Crippen LogP contribution in [0.3, 0.4) is 0 Å². The summed E-state index contributed by atoms with van der Waals surface area (Å²) < 4.78 is 10.6. The van der Waals surface area contributed by atoms with Gasteiger partial charge in [0.15, 0.2) is 0 Å². The van der Waals surface area contributed by atoms with Gasteiger partial charge in [0, 0.05) is 16.8 Å². The Kier molecular flexibility index (Phi) is 5.06. The molecule has 2 rings (SSSR count). The van der Waals surface area contributed by atoms with Crippen LogP contribution in [-0.2, 0) is 6.61 Å². The predicted octanol–water partition coefficient (Wildman–Crippen LogP) is 3.37. The summed E-state index contributed by atoms with van der Waals surface area (Å²) in [6, 6.07) is 13.7. The maximum absolute atomic E-state index is 9.38. The van der Waals surface area contributed by atoms with Crippen LogP contribution in [0.5, 0.6) is 11.5 Å². The third-order valence-electron chi connectivity index (χ3n) is 3.44. The molecule has 0 saturated carbocycles. The second-order valence-corrected chi connectivity index (χ2v) is 4.79. The molecule has 0 amide bonds. The van der Waals surface area contributed by atoms with Gasteiger partial charge in [-0.1, -0.05) is 18.2 Å². The zero-order valence-corrected chi connectivity index (χ0v) is 12.6. The Labute approximate surface area is 125 Å². The number of aliphatic hydroxyl groups is 1. The summed E-state index contributed by atoms with van der Waals surface area (Å²) in [6.07, 6.45) is 0. The van der Waals surface area contributed by atoms with Crippen LogP contribution in [0.4, 0.5) is 5.69 Å². The first-order chi connectivity index (χ1) is 10.2. The highest BCUT2D eigenvalue weighted by Gasteiger charge is 2.11. The van der Waals surface area contributed by atoms with E-state index in [1.807, 2.05) is 42.5 Å². The molecule has 0 aliphatic rings. The predicted molar refractivity (Wildman–Crippen MR) is 83.9 cm³/mol. The molecule has 4 heteroatoms. The molecule has 0 heterocycles. The number of hydrogen-bond acceptors (Lipinski definition) is 4. The van der Waals surface area contributed by atoms with Gasteiger partial charge < -0.3 is 19.9 Å². The number of benzene rings is 2. The quantitative estimate of drug-likeness (QED) is 0.855. The Balaban J connectivity index is 2.21. The molecule has 0 saturated heterocycles. The summed E-state index contributed by atoms with van der Waals surface area (Å²) in [5, 5.41) is 12.8. The highest BCUT2D eigenvalue weighted by Crippen LogP contribution is 2.29. The fourth-order valence-electron chi connectivity index (χ4n) is 2.34. The van der Waals surface area contributed by atoms with Crippen molar-refractivity contribution in [3.63, 3.8) is 0 Å². The van der Waals surface area contributed by atoms with Crippen molar-refractivity contribution < 1.29 is 14.6 Å². The Morgan fingerprint density at radius 1 is 1.05 bits per heavy atom. The number of methoxy groups -OCH3 is 2. The molecule has 2 N–H and O–H groups in total. The fraction of sp³-hybridized carbons (Fsp3) is 0.294. The summed E-state index contributed by atoms with van der Waals surface area (Å²) in [4.78, 5) is 0. The zero-order valence-electron chi connectivity index (χ0n) is 12.6. The molecule has 1 atom stereocenters. The zero-order chi connectivity index (χ0) is 15.2. The van der Waals surface area contributed by atoms with Gasteiger partial charge in [-0.3, -0.25) is 0 Å². The number of ether oxygens (including phenoxy) is 2. The van der Waals surface area contributed by atoms with E-state index in [1.165, 1.54) is 0 Å². The van der Waals surface area contributed by atoms with E-state index in [2.05, 4.69) is 12.2 Å². The smallest absolute Gasteiger partial charge is 0.124 e. The average molecular weight is 287 g/mol. The molecule has 0 spiro atoms. The Morgan fingerprint density at radius 3 is 2.43 bits per heavy atom. The van der Waals surface area contributed by atoms with Crippen molar-refractivity contribution in [1.29, 1.82) is 0 Å². The van der Waals surface area contributed by atoms with Crippen LogP contribution in [0.25, 0.3) is 0 Å². The molecule has 0 fully saturated rings. The van der Waals surface area contributed by atoms with Crippen LogP contribution in [0, 0.1) is 0 Å². The van der Waals surface area contributed by atoms with Gasteiger partial charge in [0.2, 0.25) is 0 Å². The molecule has 0 aliphatic heterocycles. The lowest BCUT2D eigenvalue weighted by atomic mass is 10.1. The number of rotatable bonds is 6. The lowest BCUT2D eigenvalue weighted by Crippen LogP contribution is -2.08. The Morgan fingerprint density at radius 2 is 1.76 bits per heavy atom. The molecule has 0 radical (unpaired) electrons. The summed E-state index contributed by atoms with van der Waals surface area (Å²) in [7, 11) is 3.27. The van der Waals surface area contributed by atoms with Crippen molar-refractivity contribution in [3.8, 4) is 11.5 Å². The first-order valence-electron chi connectivity index (χ1n) is 6.86. The van der Waals surface area contributed by atoms with E-state index in [-0.39, 0.29) is 12.6 Å². The van der Waals surface area contributed by atoms with Crippen molar-refractivity contribution in [2.75, 3.05) is 19.5 Å². The Hall–Kier alpha value is -2.20. The normalized spacial score (nSPS) is 11.8. The molecule has 0 aliphatic carbocycles. The van der Waals surface area contributed by atoms with E-state index < -0.39 is 0 Å². The summed E-state index contributed by atoms with van der Waals surface area (Å²) >= 11 is 0. The van der Waals surface area contributed by atoms with Crippen LogP contribution in [-0.4, -0.2) is 19.3 Å². The van der Waals surface area contributed by atoms with Gasteiger partial charge in [0.1, 0.15) is 11.5 Å². The highest BCUT2D eigenvalue weighted by atomic mass is 16.5. The molecule has 21 heavy (non-hydrogen) atoms. The van der Waals surface area contributed by atoms with Gasteiger partial charge in [0.25, 0.3) is 0 Å². The van der Waals surface area contributed by atoms with E-state index in [4.69, 9.17) is 9.47 Å². The third kappa shape index (κ3) is 3.47. The number of nitrogens with one attached hydrogen (secondary N) is 1. The van der Waals surface area contributed by atoms with Crippen LogP contribution in [0.2, 0.25) is 0 Å². The molecule has 1 unspecified atom stereocenters. The maximum Gasteiger partial charge on any atom is 0.124 e. The Bertz CT molecular complexity index is 598. The monoisotopic (exact) mass is 287 g/mol. The van der Waals surface area contributed by atoms with Crippen molar-refractivity contribution >= 4 is 5.69 Å². The van der Waals surface area contributed by atoms with E-state index >= 15 is 0 Å². The molecule has 0 bridgehead atoms. The number of para-hydroxylation sites is 1. The van der Waals surface area contributed by atoms with E-state index in [1.54, 1.807) is 14.2 Å². The van der Waals surface area contributed by atoms with E-state index in [0.717, 1.165) is 22.6 Å². The third-order valence-corrected chi connectivity index (χ3v) is 3.44. The standard InChI is InChI=1S/C17H21NO3/c1-12(15-6-4-5-7-17(15)21-3)18-14-8-9-16(20-2)13(10-14)11-19/h4-10,12,18-19H,11H2,1-3H3. The highest BCUT2D eigenvalue weighted by molar-refractivity contribution is 5.53. The maximum atomic E-state index is 9.38. The van der Waals surface area contributed by atoms with Crippen molar-refractivity contribution in [3.05, 3.63) is 53.6 Å². The number of aliphatic hydroxyl groups excluding tert-OH is 1. The molecular weight excluding hydrogens is 266 g/mol. The van der Waals surface area contributed by atoms with Crippen LogP contribution in [0.1, 0.15) is 24.1 Å². The van der Waals surface area contributed by atoms with Crippen LogP contribution >= 0.6 is 0 Å². The van der Waals surface area contributed by atoms with Crippen LogP contribution < -0.4 is 14.8 Å². The van der Waals surface area contributed by atoms with Crippen molar-refractivity contribution in [2.24, 2.45) is 0 Å². The van der Waals surface area contributed by atoms with Gasteiger partial charge in [0.05, 0.1) is 26.9 Å². The topological polar surface area (TPSA) is 50.7 Å². The second kappa shape index (κ2) is 6.99. The van der Waals surface area contributed by atoms with Gasteiger partial charge >= 0.3 is 0 Å². The average Bonchev–Trinajstić information content (AvgIpc) is 2.54. The SMILES string of the molecule is COc1ccc(NC(C)c2ccccc2OC)cc1CO. The van der Waals surface area contributed by atoms with E-state index in [9.17, 15) is 5.11 Å². The lowest BCUT2D eigenvalue weighted by Gasteiger charge is -2.19. The molecule has 4 nitrogen and oxygen atoms in total. The summed E-state index contributed by atoms with van der Waals surface area (Å²) in [6.45, 7) is 2.02. The number of hydrogen-bond donors (Lipinski definition) is 2. The van der Waals surface area contributed by atoms with Crippen molar-refractivity contribution in [1.82, 2.24) is 0 Å². The van der Waals surface area contributed by atoms with Crippen molar-refractivity contribution in [2.45, 2.75) is 19.6 Å². The number of anilines is 1. The van der Waals surface area contributed by atoms with Crippen LogP contribution in [0.15, 0.2) is 42.5 Å². The molecule has 2 aromatic carbocycles. The first kappa shape index (κ1) is 15.2. The second-order valence-electron chi connectivity index (χ2n) is 4.79. The summed E-state index contributed by atoms with van der Waals surface area (Å²) in [5.74, 6) is 1.54. The summed E-state index contributed by atoms with van der Waals surface area (Å²) in [5.41, 5.74) is 2.77. The minimum Gasteiger partial charge on any atom is -0.496 e. The van der Waals surface area contributed by atoms with E-state index in [0.29, 0.717) is 5.75 Å². The lowest BCUT2D eigenvalue weighted by molar-refractivity contribution is 0.274. The largest absolute Gasteiger partial charge is 0.496 e. The molecule has 0 aromatic heterocycles. The molecule has 112 valence electrons. The minimum atomic E-state index is -0.0538. The molecule has 2 aromatic rings. The van der Waals surface area contributed by atoms with Gasteiger partial charge in [-0.2, -0.15) is 0 Å². The van der Waals surface area contributed by atoms with Gasteiger partial charge in [-0.25, -0.2) is 0 Å². The minimum absolute atomic E-state index is 0.0538.